The van der Waals surface area contributed by atoms with Crippen LogP contribution in [-0.2, 0) is 6.54 Å². The number of hydrogen-bond acceptors (Lipinski definition) is 3. The Morgan fingerprint density at radius 1 is 1.38 bits per heavy atom. The molecule has 16 heavy (non-hydrogen) atoms. The molecule has 2 rings (SSSR count). The first-order valence-corrected chi connectivity index (χ1v) is 6.39. The van der Waals surface area contributed by atoms with Gasteiger partial charge in [0.1, 0.15) is 0 Å². The average Bonchev–Trinajstić information content (AvgIpc) is 2.74. The zero-order valence-corrected chi connectivity index (χ0v) is 10.6. The molecular formula is C12H13ClN2S. The van der Waals surface area contributed by atoms with Crippen LogP contribution in [0.1, 0.15) is 12.5 Å². The highest BCUT2D eigenvalue weighted by atomic mass is 35.5. The highest BCUT2D eigenvalue weighted by Gasteiger charge is 2.03. The summed E-state index contributed by atoms with van der Waals surface area (Å²) < 4.78 is 0.812. The second kappa shape index (κ2) is 5.43. The number of hydrogen-bond donors (Lipinski definition) is 1. The van der Waals surface area contributed by atoms with Gasteiger partial charge in [-0.15, -0.1) is 11.3 Å². The summed E-state index contributed by atoms with van der Waals surface area (Å²) in [6.07, 6.45) is 3.76. The van der Waals surface area contributed by atoms with Gasteiger partial charge in [0.2, 0.25) is 0 Å². The van der Waals surface area contributed by atoms with Crippen LogP contribution in [0.5, 0.6) is 0 Å². The minimum atomic E-state index is 0.812. The summed E-state index contributed by atoms with van der Waals surface area (Å²) in [5.74, 6) is 0. The molecule has 2 aromatic heterocycles. The number of aromatic nitrogens is 1. The van der Waals surface area contributed by atoms with Gasteiger partial charge < -0.3 is 5.32 Å². The predicted molar refractivity (Wildman–Crippen MR) is 69.9 cm³/mol. The molecule has 0 atom stereocenters. The Kier molecular flexibility index (Phi) is 3.93. The molecule has 0 aliphatic heterocycles. The zero-order valence-electron chi connectivity index (χ0n) is 9.03. The number of rotatable bonds is 4. The van der Waals surface area contributed by atoms with Crippen LogP contribution in [0.4, 0.5) is 0 Å². The van der Waals surface area contributed by atoms with E-state index in [1.165, 1.54) is 5.56 Å². The standard InChI is InChI=1S/C12H13ClN2S/c1-2-14-6-9-5-10(8-15-7-9)11-3-4-12(13)16-11/h3-5,7-8,14H,2,6H2,1H3. The Hall–Kier alpha value is -0.900. The third-order valence-electron chi connectivity index (χ3n) is 2.23. The molecule has 84 valence electrons. The molecule has 2 aromatic rings. The molecule has 0 bridgehead atoms. The molecule has 2 nitrogen and oxygen atoms in total. The molecule has 4 heteroatoms. The van der Waals surface area contributed by atoms with E-state index in [2.05, 4.69) is 23.3 Å². The lowest BCUT2D eigenvalue weighted by molar-refractivity contribution is 0.724. The van der Waals surface area contributed by atoms with Crippen molar-refractivity contribution in [1.29, 1.82) is 0 Å². The van der Waals surface area contributed by atoms with Gasteiger partial charge in [0.15, 0.2) is 0 Å². The maximum Gasteiger partial charge on any atom is 0.0934 e. The van der Waals surface area contributed by atoms with E-state index in [-0.39, 0.29) is 0 Å². The van der Waals surface area contributed by atoms with E-state index >= 15 is 0 Å². The van der Waals surface area contributed by atoms with E-state index in [0.717, 1.165) is 27.9 Å². The molecule has 0 amide bonds. The van der Waals surface area contributed by atoms with E-state index in [4.69, 9.17) is 11.6 Å². The predicted octanol–water partition coefficient (Wildman–Crippen LogP) is 3.57. The molecule has 0 aliphatic carbocycles. The first-order valence-electron chi connectivity index (χ1n) is 5.20. The van der Waals surface area contributed by atoms with Crippen LogP contribution in [0, 0.1) is 0 Å². The Labute approximate surface area is 104 Å². The van der Waals surface area contributed by atoms with E-state index in [1.54, 1.807) is 11.3 Å². The Morgan fingerprint density at radius 2 is 2.25 bits per heavy atom. The van der Waals surface area contributed by atoms with Crippen molar-refractivity contribution in [2.75, 3.05) is 6.54 Å². The summed E-state index contributed by atoms with van der Waals surface area (Å²) in [5.41, 5.74) is 2.33. The number of nitrogens with zero attached hydrogens (tertiary/aromatic N) is 1. The van der Waals surface area contributed by atoms with Crippen LogP contribution in [0.2, 0.25) is 4.34 Å². The minimum Gasteiger partial charge on any atom is -0.313 e. The van der Waals surface area contributed by atoms with Crippen LogP contribution in [0.15, 0.2) is 30.6 Å². The van der Waals surface area contributed by atoms with Crippen LogP contribution >= 0.6 is 22.9 Å². The number of pyridine rings is 1. The molecule has 0 saturated carbocycles. The summed E-state index contributed by atoms with van der Waals surface area (Å²) in [4.78, 5) is 5.41. The molecule has 0 fully saturated rings. The molecule has 0 aliphatic rings. The number of halogens is 1. The maximum atomic E-state index is 5.92. The largest absolute Gasteiger partial charge is 0.313 e. The molecule has 0 aromatic carbocycles. The fourth-order valence-corrected chi connectivity index (χ4v) is 2.48. The fourth-order valence-electron chi connectivity index (χ4n) is 1.46. The lowest BCUT2D eigenvalue weighted by atomic mass is 10.2. The van der Waals surface area contributed by atoms with Gasteiger partial charge in [-0.05, 0) is 30.3 Å². The average molecular weight is 253 g/mol. The van der Waals surface area contributed by atoms with E-state index in [0.29, 0.717) is 0 Å². The van der Waals surface area contributed by atoms with Gasteiger partial charge in [0, 0.05) is 29.4 Å². The van der Waals surface area contributed by atoms with Crippen LogP contribution in [-0.4, -0.2) is 11.5 Å². The summed E-state index contributed by atoms with van der Waals surface area (Å²) in [6.45, 7) is 3.92. The van der Waals surface area contributed by atoms with Gasteiger partial charge >= 0.3 is 0 Å². The zero-order chi connectivity index (χ0) is 11.4. The first kappa shape index (κ1) is 11.6. The Bertz CT molecular complexity index is 468. The smallest absolute Gasteiger partial charge is 0.0934 e. The van der Waals surface area contributed by atoms with Crippen molar-refractivity contribution in [3.05, 3.63) is 40.5 Å². The monoisotopic (exact) mass is 252 g/mol. The van der Waals surface area contributed by atoms with Crippen LogP contribution < -0.4 is 5.32 Å². The van der Waals surface area contributed by atoms with Crippen LogP contribution in [0.3, 0.4) is 0 Å². The van der Waals surface area contributed by atoms with Crippen molar-refractivity contribution in [2.24, 2.45) is 0 Å². The minimum absolute atomic E-state index is 0.812. The van der Waals surface area contributed by atoms with E-state index in [9.17, 15) is 0 Å². The highest BCUT2D eigenvalue weighted by Crippen LogP contribution is 2.30. The van der Waals surface area contributed by atoms with Gasteiger partial charge in [-0.3, -0.25) is 4.98 Å². The van der Waals surface area contributed by atoms with Crippen molar-refractivity contribution in [3.8, 4) is 10.4 Å². The Morgan fingerprint density at radius 3 is 2.94 bits per heavy atom. The normalized spacial score (nSPS) is 10.6. The SMILES string of the molecule is CCNCc1cncc(-c2ccc(Cl)s2)c1. The van der Waals surface area contributed by atoms with Crippen molar-refractivity contribution in [3.63, 3.8) is 0 Å². The van der Waals surface area contributed by atoms with Gasteiger partial charge in [0.25, 0.3) is 0 Å². The van der Waals surface area contributed by atoms with Gasteiger partial charge in [0.05, 0.1) is 4.34 Å². The van der Waals surface area contributed by atoms with E-state index in [1.807, 2.05) is 24.5 Å². The Balaban J connectivity index is 2.22. The lowest BCUT2D eigenvalue weighted by Gasteiger charge is -2.03. The molecule has 0 unspecified atom stereocenters. The highest BCUT2D eigenvalue weighted by molar-refractivity contribution is 7.19. The molecule has 0 radical (unpaired) electrons. The molecule has 0 spiro atoms. The van der Waals surface area contributed by atoms with Gasteiger partial charge in [-0.25, -0.2) is 0 Å². The third-order valence-corrected chi connectivity index (χ3v) is 3.51. The summed E-state index contributed by atoms with van der Waals surface area (Å²) in [6, 6.07) is 6.09. The molecule has 0 saturated heterocycles. The van der Waals surface area contributed by atoms with Gasteiger partial charge in [-0.2, -0.15) is 0 Å². The molecular weight excluding hydrogens is 240 g/mol. The van der Waals surface area contributed by atoms with E-state index < -0.39 is 0 Å². The quantitative estimate of drug-likeness (QED) is 0.900. The molecule has 2 heterocycles. The van der Waals surface area contributed by atoms with Gasteiger partial charge in [-0.1, -0.05) is 18.5 Å². The lowest BCUT2D eigenvalue weighted by Crippen LogP contribution is -2.11. The summed E-state index contributed by atoms with van der Waals surface area (Å²) in [5, 5.41) is 3.29. The topological polar surface area (TPSA) is 24.9 Å². The third kappa shape index (κ3) is 2.82. The van der Waals surface area contributed by atoms with Crippen molar-refractivity contribution < 1.29 is 0 Å². The fraction of sp³-hybridized carbons (Fsp3) is 0.250. The van der Waals surface area contributed by atoms with Crippen molar-refractivity contribution in [2.45, 2.75) is 13.5 Å². The summed E-state index contributed by atoms with van der Waals surface area (Å²) >= 11 is 7.50. The number of nitrogens with one attached hydrogen (secondary N) is 1. The van der Waals surface area contributed by atoms with Crippen LogP contribution in [0.25, 0.3) is 10.4 Å². The van der Waals surface area contributed by atoms with Crippen molar-refractivity contribution in [1.82, 2.24) is 10.3 Å². The first-order chi connectivity index (χ1) is 7.79. The maximum absolute atomic E-state index is 5.92. The molecule has 1 N–H and O–H groups in total. The summed E-state index contributed by atoms with van der Waals surface area (Å²) in [7, 11) is 0. The van der Waals surface area contributed by atoms with Crippen molar-refractivity contribution >= 4 is 22.9 Å². The second-order valence-corrected chi connectivity index (χ2v) is 5.18. The second-order valence-electron chi connectivity index (χ2n) is 3.47. The number of thiophene rings is 1.